The number of hydrogen-bond acceptors (Lipinski definition) is 3. The van der Waals surface area contributed by atoms with Crippen LogP contribution in [0, 0.1) is 5.82 Å². The lowest BCUT2D eigenvalue weighted by Crippen LogP contribution is -2.30. The maximum Gasteiger partial charge on any atom is 0.123 e. The molecule has 0 aliphatic carbocycles. The molecule has 2 aromatic rings. The van der Waals surface area contributed by atoms with Crippen LogP contribution >= 0.6 is 23.2 Å². The first-order valence-corrected chi connectivity index (χ1v) is 6.72. The second-order valence-electron chi connectivity index (χ2n) is 4.40. The molecular weight excluding hydrogens is 300 g/mol. The van der Waals surface area contributed by atoms with E-state index < -0.39 is 0 Å². The van der Waals surface area contributed by atoms with Crippen molar-refractivity contribution in [1.82, 2.24) is 5.43 Å². The quantitative estimate of drug-likeness (QED) is 0.460. The first-order valence-electron chi connectivity index (χ1n) is 5.97. The summed E-state index contributed by atoms with van der Waals surface area (Å²) in [5, 5.41) is 1.07. The van der Waals surface area contributed by atoms with Gasteiger partial charge in [0.2, 0.25) is 0 Å². The first-order chi connectivity index (χ1) is 9.52. The number of nitrogens with two attached hydrogens (primary N) is 2. The molecule has 6 heteroatoms. The van der Waals surface area contributed by atoms with Gasteiger partial charge in [-0.2, -0.15) is 0 Å². The third kappa shape index (κ3) is 3.22. The SMILES string of the molecule is NNC(Cc1c(Cl)cccc1Cl)c1cc(F)ccc1N. The second-order valence-corrected chi connectivity index (χ2v) is 5.21. The molecule has 0 aliphatic rings. The van der Waals surface area contributed by atoms with Crippen LogP contribution in [0.4, 0.5) is 10.1 Å². The number of halogens is 3. The highest BCUT2D eigenvalue weighted by molar-refractivity contribution is 6.36. The summed E-state index contributed by atoms with van der Waals surface area (Å²) in [6, 6.07) is 9.01. The Labute approximate surface area is 126 Å². The molecule has 20 heavy (non-hydrogen) atoms. The molecule has 0 radical (unpaired) electrons. The van der Waals surface area contributed by atoms with Gasteiger partial charge in [0.1, 0.15) is 5.82 Å². The standard InChI is InChI=1S/C14H14Cl2FN3/c15-11-2-1-3-12(16)9(11)7-14(20-19)10-6-8(17)4-5-13(10)18/h1-6,14,20H,7,18-19H2. The minimum Gasteiger partial charge on any atom is -0.398 e. The van der Waals surface area contributed by atoms with Crippen LogP contribution in [0.2, 0.25) is 10.0 Å². The van der Waals surface area contributed by atoms with Crippen LogP contribution in [0.25, 0.3) is 0 Å². The van der Waals surface area contributed by atoms with Crippen LogP contribution in [-0.4, -0.2) is 0 Å². The van der Waals surface area contributed by atoms with E-state index in [1.54, 1.807) is 18.2 Å². The van der Waals surface area contributed by atoms with E-state index in [1.165, 1.54) is 18.2 Å². The van der Waals surface area contributed by atoms with Gasteiger partial charge in [-0.3, -0.25) is 11.3 Å². The van der Waals surface area contributed by atoms with Gasteiger partial charge < -0.3 is 5.73 Å². The number of hydrogen-bond donors (Lipinski definition) is 3. The van der Waals surface area contributed by atoms with Gasteiger partial charge in [0.25, 0.3) is 0 Å². The molecule has 0 aromatic heterocycles. The summed E-state index contributed by atoms with van der Waals surface area (Å²) >= 11 is 12.3. The predicted molar refractivity (Wildman–Crippen MR) is 81.0 cm³/mol. The van der Waals surface area contributed by atoms with Crippen molar-refractivity contribution < 1.29 is 4.39 Å². The molecule has 1 atom stereocenters. The summed E-state index contributed by atoms with van der Waals surface area (Å²) in [4.78, 5) is 0. The average Bonchev–Trinajstić information content (AvgIpc) is 2.42. The Morgan fingerprint density at radius 3 is 2.40 bits per heavy atom. The Morgan fingerprint density at radius 1 is 1.15 bits per heavy atom. The topological polar surface area (TPSA) is 64.1 Å². The molecule has 0 saturated heterocycles. The molecule has 0 aliphatic heterocycles. The minimum absolute atomic E-state index is 0.375. The monoisotopic (exact) mass is 313 g/mol. The third-order valence-corrected chi connectivity index (χ3v) is 3.80. The van der Waals surface area contributed by atoms with E-state index in [-0.39, 0.29) is 11.9 Å². The van der Waals surface area contributed by atoms with Gasteiger partial charge in [-0.05, 0) is 47.9 Å². The van der Waals surface area contributed by atoms with Gasteiger partial charge >= 0.3 is 0 Å². The number of hydrazine groups is 1. The lowest BCUT2D eigenvalue weighted by atomic mass is 9.98. The Kier molecular flexibility index (Phi) is 4.83. The molecule has 1 unspecified atom stereocenters. The highest BCUT2D eigenvalue weighted by Gasteiger charge is 2.17. The van der Waals surface area contributed by atoms with E-state index in [0.29, 0.717) is 27.7 Å². The molecule has 0 saturated carbocycles. The molecule has 3 nitrogen and oxygen atoms in total. The zero-order chi connectivity index (χ0) is 14.7. The Hall–Kier alpha value is -1.33. The van der Waals surface area contributed by atoms with Crippen LogP contribution in [-0.2, 0) is 6.42 Å². The summed E-state index contributed by atoms with van der Waals surface area (Å²) < 4.78 is 13.4. The normalized spacial score (nSPS) is 12.4. The summed E-state index contributed by atoms with van der Waals surface area (Å²) in [5.74, 6) is 5.18. The first kappa shape index (κ1) is 15.1. The van der Waals surface area contributed by atoms with Gasteiger partial charge in [-0.1, -0.05) is 29.3 Å². The molecule has 2 aromatic carbocycles. The van der Waals surface area contributed by atoms with Crippen LogP contribution in [0.5, 0.6) is 0 Å². The molecule has 0 fully saturated rings. The second kappa shape index (κ2) is 6.41. The van der Waals surface area contributed by atoms with Crippen LogP contribution < -0.4 is 17.0 Å². The van der Waals surface area contributed by atoms with Gasteiger partial charge in [0, 0.05) is 15.7 Å². The fourth-order valence-corrected chi connectivity index (χ4v) is 2.59. The van der Waals surface area contributed by atoms with E-state index in [9.17, 15) is 4.39 Å². The summed E-state index contributed by atoms with van der Waals surface area (Å²) in [6.07, 6.45) is 0.405. The van der Waals surface area contributed by atoms with E-state index in [4.69, 9.17) is 34.8 Å². The van der Waals surface area contributed by atoms with Crippen LogP contribution in [0.3, 0.4) is 0 Å². The molecule has 0 heterocycles. The Balaban J connectivity index is 2.36. The van der Waals surface area contributed by atoms with E-state index in [2.05, 4.69) is 5.43 Å². The van der Waals surface area contributed by atoms with Crippen LogP contribution in [0.1, 0.15) is 17.2 Å². The van der Waals surface area contributed by atoms with Crippen molar-refractivity contribution in [3.8, 4) is 0 Å². The summed E-state index contributed by atoms with van der Waals surface area (Å²) in [7, 11) is 0. The van der Waals surface area contributed by atoms with Crippen molar-refractivity contribution in [2.45, 2.75) is 12.5 Å². The predicted octanol–water partition coefficient (Wildman–Crippen LogP) is 3.46. The van der Waals surface area contributed by atoms with E-state index in [1.807, 2.05) is 0 Å². The highest BCUT2D eigenvalue weighted by Crippen LogP contribution is 2.31. The van der Waals surface area contributed by atoms with Crippen molar-refractivity contribution >= 4 is 28.9 Å². The summed E-state index contributed by atoms with van der Waals surface area (Å²) in [6.45, 7) is 0. The molecular formula is C14H14Cl2FN3. The van der Waals surface area contributed by atoms with Gasteiger partial charge in [0.15, 0.2) is 0 Å². The number of anilines is 1. The number of benzene rings is 2. The highest BCUT2D eigenvalue weighted by atomic mass is 35.5. The lowest BCUT2D eigenvalue weighted by molar-refractivity contribution is 0.546. The van der Waals surface area contributed by atoms with Gasteiger partial charge in [0.05, 0.1) is 6.04 Å². The fourth-order valence-electron chi connectivity index (χ4n) is 2.04. The average molecular weight is 314 g/mol. The van der Waals surface area contributed by atoms with Crippen molar-refractivity contribution in [3.63, 3.8) is 0 Å². The minimum atomic E-state index is -0.386. The number of nitrogens with one attached hydrogen (secondary N) is 1. The molecule has 5 N–H and O–H groups in total. The number of nitrogen functional groups attached to an aromatic ring is 1. The van der Waals surface area contributed by atoms with Crippen molar-refractivity contribution in [2.24, 2.45) is 5.84 Å². The van der Waals surface area contributed by atoms with Crippen LogP contribution in [0.15, 0.2) is 36.4 Å². The van der Waals surface area contributed by atoms with Gasteiger partial charge in [-0.25, -0.2) is 4.39 Å². The van der Waals surface area contributed by atoms with Crippen molar-refractivity contribution in [2.75, 3.05) is 5.73 Å². The zero-order valence-electron chi connectivity index (χ0n) is 10.5. The Bertz CT molecular complexity index is 599. The smallest absolute Gasteiger partial charge is 0.123 e. The largest absolute Gasteiger partial charge is 0.398 e. The molecule has 0 spiro atoms. The van der Waals surface area contributed by atoms with Gasteiger partial charge in [-0.15, -0.1) is 0 Å². The number of rotatable bonds is 4. The third-order valence-electron chi connectivity index (χ3n) is 3.10. The molecule has 0 amide bonds. The maximum absolute atomic E-state index is 13.4. The maximum atomic E-state index is 13.4. The molecule has 0 bridgehead atoms. The Morgan fingerprint density at radius 2 is 1.80 bits per heavy atom. The van der Waals surface area contributed by atoms with E-state index in [0.717, 1.165) is 5.56 Å². The lowest BCUT2D eigenvalue weighted by Gasteiger charge is -2.19. The molecule has 2 rings (SSSR count). The molecule has 106 valence electrons. The van der Waals surface area contributed by atoms with Crippen molar-refractivity contribution in [1.29, 1.82) is 0 Å². The van der Waals surface area contributed by atoms with E-state index >= 15 is 0 Å². The fraction of sp³-hybridized carbons (Fsp3) is 0.143. The van der Waals surface area contributed by atoms with Crippen molar-refractivity contribution in [3.05, 3.63) is 63.4 Å². The zero-order valence-corrected chi connectivity index (χ0v) is 12.0. The summed E-state index contributed by atoms with van der Waals surface area (Å²) in [5.41, 5.74) is 10.3.